The highest BCUT2D eigenvalue weighted by molar-refractivity contribution is 5.85. The minimum Gasteiger partial charge on any atom is -0.490 e. The lowest BCUT2D eigenvalue weighted by Gasteiger charge is -2.31. The normalized spacial score (nSPS) is 22.4. The van der Waals surface area contributed by atoms with E-state index in [0.29, 0.717) is 29.5 Å². The maximum absolute atomic E-state index is 10.4. The van der Waals surface area contributed by atoms with E-state index in [1.807, 2.05) is 38.2 Å². The summed E-state index contributed by atoms with van der Waals surface area (Å²) in [5, 5.41) is 17.2. The zero-order valence-electron chi connectivity index (χ0n) is 16.4. The number of furan rings is 1. The molecule has 0 aliphatic carbocycles. The van der Waals surface area contributed by atoms with Crippen LogP contribution in [-0.4, -0.2) is 66.3 Å². The third kappa shape index (κ3) is 4.09. The summed E-state index contributed by atoms with van der Waals surface area (Å²) >= 11 is 0. The van der Waals surface area contributed by atoms with Crippen molar-refractivity contribution in [3.63, 3.8) is 0 Å². The van der Waals surface area contributed by atoms with Crippen molar-refractivity contribution < 1.29 is 19.0 Å². The number of piperidine rings is 1. The van der Waals surface area contributed by atoms with Crippen LogP contribution in [0.1, 0.15) is 31.8 Å². The fourth-order valence-electron chi connectivity index (χ4n) is 3.75. The van der Waals surface area contributed by atoms with E-state index in [-0.39, 0.29) is 18.9 Å². The second-order valence-electron chi connectivity index (χ2n) is 7.58. The van der Waals surface area contributed by atoms with Gasteiger partial charge in [0, 0.05) is 26.6 Å². The van der Waals surface area contributed by atoms with Gasteiger partial charge in [0.25, 0.3) is 0 Å². The van der Waals surface area contributed by atoms with Gasteiger partial charge in [-0.2, -0.15) is 0 Å². The lowest BCUT2D eigenvalue weighted by molar-refractivity contribution is 0.0576. The number of likely N-dealkylation sites (tertiary alicyclic amines) is 1. The monoisotopic (exact) mass is 388 g/mol. The summed E-state index contributed by atoms with van der Waals surface area (Å²) in [6, 6.07) is 7.86. The van der Waals surface area contributed by atoms with Gasteiger partial charge in [0.15, 0.2) is 5.76 Å². The van der Waals surface area contributed by atoms with Crippen LogP contribution in [0.25, 0.3) is 11.0 Å². The molecule has 3 heterocycles. The van der Waals surface area contributed by atoms with Crippen molar-refractivity contribution >= 4 is 16.9 Å². The molecule has 0 spiro atoms. The number of ether oxygens (including phenoxy) is 2. The molecule has 1 aromatic carbocycles. The number of β-amino-alcohol motifs (C(OH)–C–C–N with tert-alkyl or cyclic N) is 1. The minimum atomic E-state index is -0.559. The number of benzene rings is 1. The van der Waals surface area contributed by atoms with Crippen molar-refractivity contribution in [2.75, 3.05) is 33.3 Å². The average Bonchev–Trinajstić information content (AvgIpc) is 3.24. The molecule has 0 radical (unpaired) electrons. The molecule has 0 bridgehead atoms. The zero-order valence-corrected chi connectivity index (χ0v) is 16.4. The number of nitrogens with two attached hydrogens (primary N) is 1. The number of aliphatic hydroxyl groups excluding tert-OH is 1. The van der Waals surface area contributed by atoms with Crippen molar-refractivity contribution in [2.24, 2.45) is 10.8 Å². The first kappa shape index (κ1) is 19.0. The van der Waals surface area contributed by atoms with Crippen LogP contribution in [0.2, 0.25) is 0 Å². The Morgan fingerprint density at radius 2 is 2.14 bits per heavy atom. The van der Waals surface area contributed by atoms with Gasteiger partial charge in [-0.3, -0.25) is 5.01 Å². The van der Waals surface area contributed by atoms with E-state index in [2.05, 4.69) is 10.0 Å². The highest BCUT2D eigenvalue weighted by Gasteiger charge is 2.28. The first-order valence-corrected chi connectivity index (χ1v) is 9.75. The minimum absolute atomic E-state index is 0.226. The van der Waals surface area contributed by atoms with Gasteiger partial charge in [-0.1, -0.05) is 6.07 Å². The van der Waals surface area contributed by atoms with Gasteiger partial charge in [-0.15, -0.1) is 5.10 Å². The van der Waals surface area contributed by atoms with E-state index in [0.717, 1.165) is 31.3 Å². The Bertz CT molecular complexity index is 844. The number of fused-ring (bicyclic) bond motifs is 1. The van der Waals surface area contributed by atoms with E-state index in [1.54, 1.807) is 5.01 Å². The number of rotatable bonds is 6. The highest BCUT2D eigenvalue weighted by atomic mass is 16.5. The van der Waals surface area contributed by atoms with E-state index in [4.69, 9.17) is 19.6 Å². The van der Waals surface area contributed by atoms with Crippen LogP contribution in [0.15, 0.2) is 33.8 Å². The standard InChI is InChI=1S/C20H28N4O4/c1-13-22-23(2)20(27-13)19-10-16-17(4-3-5-18(16)28-19)26-12-15(25)11-24-8-6-14(21)7-9-24/h3-5,10,14-15,20,25H,6-9,11-12,21H2,1-2H3. The van der Waals surface area contributed by atoms with Gasteiger partial charge in [0.2, 0.25) is 12.1 Å². The van der Waals surface area contributed by atoms with Crippen molar-refractivity contribution in [3.8, 4) is 5.75 Å². The molecular formula is C20H28N4O4. The third-order valence-corrected chi connectivity index (χ3v) is 5.24. The second-order valence-corrected chi connectivity index (χ2v) is 7.58. The van der Waals surface area contributed by atoms with Crippen LogP contribution in [0, 0.1) is 0 Å². The number of nitrogens with zero attached hydrogens (tertiary/aromatic N) is 3. The lowest BCUT2D eigenvalue weighted by atomic mass is 10.1. The fraction of sp³-hybridized carbons (Fsp3) is 0.550. The number of hydrogen-bond acceptors (Lipinski definition) is 8. The molecule has 1 aromatic heterocycles. The Kier molecular flexibility index (Phi) is 5.43. The zero-order chi connectivity index (χ0) is 19.7. The third-order valence-electron chi connectivity index (χ3n) is 5.24. The van der Waals surface area contributed by atoms with E-state index < -0.39 is 6.10 Å². The van der Waals surface area contributed by atoms with Gasteiger partial charge in [-0.25, -0.2) is 0 Å². The summed E-state index contributed by atoms with van der Waals surface area (Å²) in [7, 11) is 1.84. The lowest BCUT2D eigenvalue weighted by Crippen LogP contribution is -2.44. The molecule has 2 aliphatic heterocycles. The maximum Gasteiger partial charge on any atom is 0.246 e. The van der Waals surface area contributed by atoms with E-state index in [9.17, 15) is 5.11 Å². The maximum atomic E-state index is 10.4. The largest absolute Gasteiger partial charge is 0.490 e. The predicted octanol–water partition coefficient (Wildman–Crippen LogP) is 1.89. The molecular weight excluding hydrogens is 360 g/mol. The van der Waals surface area contributed by atoms with Crippen LogP contribution in [0.5, 0.6) is 5.75 Å². The molecule has 2 atom stereocenters. The second kappa shape index (κ2) is 7.98. The van der Waals surface area contributed by atoms with Crippen molar-refractivity contribution in [2.45, 2.75) is 38.1 Å². The molecule has 28 heavy (non-hydrogen) atoms. The van der Waals surface area contributed by atoms with Crippen LogP contribution in [0.4, 0.5) is 0 Å². The molecule has 2 aromatic rings. The fourth-order valence-corrected chi connectivity index (χ4v) is 3.75. The average molecular weight is 388 g/mol. The molecule has 0 amide bonds. The Labute approximate surface area is 164 Å². The molecule has 3 N–H and O–H groups in total. The summed E-state index contributed by atoms with van der Waals surface area (Å²) in [5.74, 6) is 1.95. The smallest absolute Gasteiger partial charge is 0.246 e. The Morgan fingerprint density at radius 3 is 2.86 bits per heavy atom. The molecule has 1 fully saturated rings. The molecule has 8 heteroatoms. The summed E-state index contributed by atoms with van der Waals surface area (Å²) < 4.78 is 17.6. The van der Waals surface area contributed by atoms with Crippen LogP contribution < -0.4 is 10.5 Å². The van der Waals surface area contributed by atoms with Gasteiger partial charge in [0.05, 0.1) is 5.39 Å². The Hall–Kier alpha value is -2.29. The summed E-state index contributed by atoms with van der Waals surface area (Å²) in [4.78, 5) is 2.24. The Balaban J connectivity index is 1.40. The highest BCUT2D eigenvalue weighted by Crippen LogP contribution is 2.35. The van der Waals surface area contributed by atoms with Gasteiger partial charge >= 0.3 is 0 Å². The van der Waals surface area contributed by atoms with Crippen molar-refractivity contribution in [3.05, 3.63) is 30.0 Å². The van der Waals surface area contributed by atoms with Gasteiger partial charge < -0.3 is 29.6 Å². The predicted molar refractivity (Wildman–Crippen MR) is 106 cm³/mol. The molecule has 2 aliphatic rings. The first-order valence-electron chi connectivity index (χ1n) is 9.75. The van der Waals surface area contributed by atoms with E-state index in [1.165, 1.54) is 0 Å². The summed E-state index contributed by atoms with van der Waals surface area (Å²) in [6.45, 7) is 4.48. The quantitative estimate of drug-likeness (QED) is 0.780. The molecule has 4 rings (SSSR count). The van der Waals surface area contributed by atoms with Crippen molar-refractivity contribution in [1.29, 1.82) is 0 Å². The van der Waals surface area contributed by atoms with Crippen LogP contribution >= 0.6 is 0 Å². The van der Waals surface area contributed by atoms with Crippen LogP contribution in [-0.2, 0) is 4.74 Å². The molecule has 1 saturated heterocycles. The van der Waals surface area contributed by atoms with Gasteiger partial charge in [-0.05, 0) is 44.1 Å². The topological polar surface area (TPSA) is 96.7 Å². The number of hydrogen-bond donors (Lipinski definition) is 2. The molecule has 8 nitrogen and oxygen atoms in total. The van der Waals surface area contributed by atoms with E-state index >= 15 is 0 Å². The number of hydrazone groups is 1. The molecule has 0 saturated carbocycles. The number of aliphatic hydroxyl groups is 1. The summed E-state index contributed by atoms with van der Waals surface area (Å²) in [6.07, 6.45) is 1.02. The first-order chi connectivity index (χ1) is 13.5. The molecule has 152 valence electrons. The summed E-state index contributed by atoms with van der Waals surface area (Å²) in [5.41, 5.74) is 6.65. The molecule has 2 unspecified atom stereocenters. The Morgan fingerprint density at radius 1 is 1.36 bits per heavy atom. The van der Waals surface area contributed by atoms with Crippen LogP contribution in [0.3, 0.4) is 0 Å². The van der Waals surface area contributed by atoms with Gasteiger partial charge in [0.1, 0.15) is 24.0 Å². The van der Waals surface area contributed by atoms with Crippen molar-refractivity contribution in [1.82, 2.24) is 9.91 Å². The SMILES string of the molecule is CC1=NN(C)C(c2cc3c(OCC(O)CN4CCC(N)CC4)cccc3o2)O1.